The Hall–Kier alpha value is -1.34. The van der Waals surface area contributed by atoms with E-state index in [1.165, 1.54) is 11.3 Å². The van der Waals surface area contributed by atoms with Gasteiger partial charge >= 0.3 is 0 Å². The number of aromatic nitrogens is 3. The van der Waals surface area contributed by atoms with Crippen molar-refractivity contribution in [3.8, 4) is 0 Å². The van der Waals surface area contributed by atoms with E-state index < -0.39 is 0 Å². The van der Waals surface area contributed by atoms with Gasteiger partial charge in [-0.3, -0.25) is 9.78 Å². The SMILES string of the molecule is Cc1nc(Nc2cnccn2)sc1C(=O)CBr. The van der Waals surface area contributed by atoms with Crippen LogP contribution in [0, 0.1) is 6.92 Å². The molecule has 0 aromatic carbocycles. The van der Waals surface area contributed by atoms with E-state index in [1.54, 1.807) is 18.6 Å². The van der Waals surface area contributed by atoms with Crippen LogP contribution in [0.1, 0.15) is 15.4 Å². The van der Waals surface area contributed by atoms with E-state index in [4.69, 9.17) is 0 Å². The van der Waals surface area contributed by atoms with Crippen LogP contribution >= 0.6 is 27.3 Å². The predicted octanol–water partition coefficient (Wildman–Crippen LogP) is 2.56. The smallest absolute Gasteiger partial charge is 0.189 e. The summed E-state index contributed by atoms with van der Waals surface area (Å²) in [6.45, 7) is 1.81. The van der Waals surface area contributed by atoms with Crippen molar-refractivity contribution in [3.63, 3.8) is 0 Å². The van der Waals surface area contributed by atoms with Crippen LogP contribution in [0.3, 0.4) is 0 Å². The van der Waals surface area contributed by atoms with Gasteiger partial charge in [-0.25, -0.2) is 9.97 Å². The molecule has 2 aromatic heterocycles. The molecule has 2 aromatic rings. The minimum Gasteiger partial charge on any atom is -0.315 e. The van der Waals surface area contributed by atoms with Gasteiger partial charge in [-0.05, 0) is 6.92 Å². The van der Waals surface area contributed by atoms with Crippen LogP contribution in [0.25, 0.3) is 0 Å². The van der Waals surface area contributed by atoms with Gasteiger partial charge in [0.25, 0.3) is 0 Å². The molecule has 7 heteroatoms. The number of ketones is 1. The molecule has 2 heterocycles. The summed E-state index contributed by atoms with van der Waals surface area (Å²) in [6.07, 6.45) is 4.79. The number of halogens is 1. The zero-order chi connectivity index (χ0) is 12.3. The Morgan fingerprint density at radius 1 is 1.53 bits per heavy atom. The fourth-order valence-corrected chi connectivity index (χ4v) is 2.62. The maximum Gasteiger partial charge on any atom is 0.189 e. The molecule has 0 aliphatic heterocycles. The number of carbonyl (C=O) groups excluding carboxylic acids is 1. The monoisotopic (exact) mass is 312 g/mol. The molecule has 0 unspecified atom stereocenters. The maximum absolute atomic E-state index is 11.6. The fourth-order valence-electron chi connectivity index (χ4n) is 1.24. The van der Waals surface area contributed by atoms with E-state index in [2.05, 4.69) is 36.2 Å². The molecule has 0 atom stereocenters. The number of hydrogen-bond acceptors (Lipinski definition) is 6. The van der Waals surface area contributed by atoms with Crippen LogP contribution < -0.4 is 5.32 Å². The lowest BCUT2D eigenvalue weighted by Gasteiger charge is -1.98. The first-order chi connectivity index (χ1) is 8.20. The molecule has 17 heavy (non-hydrogen) atoms. The number of alkyl halides is 1. The summed E-state index contributed by atoms with van der Waals surface area (Å²) in [7, 11) is 0. The van der Waals surface area contributed by atoms with E-state index in [-0.39, 0.29) is 5.78 Å². The summed E-state index contributed by atoms with van der Waals surface area (Å²) in [5.74, 6) is 0.645. The Labute approximate surface area is 110 Å². The summed E-state index contributed by atoms with van der Waals surface area (Å²) in [4.78, 5) is 24.5. The van der Waals surface area contributed by atoms with Crippen molar-refractivity contribution in [1.82, 2.24) is 15.0 Å². The highest BCUT2D eigenvalue weighted by molar-refractivity contribution is 9.09. The molecular weight excluding hydrogens is 304 g/mol. The van der Waals surface area contributed by atoms with E-state index in [1.807, 2.05) is 6.92 Å². The quantitative estimate of drug-likeness (QED) is 0.694. The number of hydrogen-bond donors (Lipinski definition) is 1. The van der Waals surface area contributed by atoms with Gasteiger partial charge in [-0.1, -0.05) is 27.3 Å². The Bertz CT molecular complexity index is 528. The number of aryl methyl sites for hydroxylation is 1. The number of nitrogens with zero attached hydrogens (tertiary/aromatic N) is 3. The number of thiazole rings is 1. The van der Waals surface area contributed by atoms with Crippen molar-refractivity contribution < 1.29 is 4.79 Å². The standard InChI is InChI=1S/C10H9BrN4OS/c1-6-9(7(16)4-11)17-10(14-6)15-8-5-12-2-3-13-8/h2-3,5H,4H2,1H3,(H,13,14,15). The first-order valence-electron chi connectivity index (χ1n) is 4.80. The van der Waals surface area contributed by atoms with Crippen molar-refractivity contribution >= 4 is 44.0 Å². The molecule has 5 nitrogen and oxygen atoms in total. The molecule has 0 bridgehead atoms. The molecular formula is C10H9BrN4OS. The molecule has 0 aliphatic carbocycles. The second kappa shape index (κ2) is 5.33. The van der Waals surface area contributed by atoms with E-state index in [0.717, 1.165) is 5.69 Å². The van der Waals surface area contributed by atoms with Gasteiger partial charge in [-0.15, -0.1) is 0 Å². The van der Waals surface area contributed by atoms with Crippen molar-refractivity contribution in [3.05, 3.63) is 29.2 Å². The molecule has 0 saturated carbocycles. The van der Waals surface area contributed by atoms with Crippen LogP contribution in [0.2, 0.25) is 0 Å². The van der Waals surface area contributed by atoms with Gasteiger partial charge in [0.05, 0.1) is 22.1 Å². The van der Waals surface area contributed by atoms with Gasteiger partial charge in [0.2, 0.25) is 0 Å². The lowest BCUT2D eigenvalue weighted by molar-refractivity contribution is 0.102. The summed E-state index contributed by atoms with van der Waals surface area (Å²) < 4.78 is 0. The molecule has 0 radical (unpaired) electrons. The Morgan fingerprint density at radius 2 is 2.35 bits per heavy atom. The molecule has 0 fully saturated rings. The van der Waals surface area contributed by atoms with Crippen molar-refractivity contribution in [2.75, 3.05) is 10.6 Å². The third-order valence-electron chi connectivity index (χ3n) is 1.97. The lowest BCUT2D eigenvalue weighted by atomic mass is 10.3. The number of nitrogens with one attached hydrogen (secondary N) is 1. The zero-order valence-electron chi connectivity index (χ0n) is 8.98. The molecule has 2 rings (SSSR count). The second-order valence-electron chi connectivity index (χ2n) is 3.21. The minimum absolute atomic E-state index is 0.0344. The molecule has 0 amide bonds. The van der Waals surface area contributed by atoms with Crippen molar-refractivity contribution in [2.45, 2.75) is 6.92 Å². The van der Waals surface area contributed by atoms with Gasteiger partial charge in [0.15, 0.2) is 16.7 Å². The third kappa shape index (κ3) is 2.86. The van der Waals surface area contributed by atoms with E-state index in [9.17, 15) is 4.79 Å². The zero-order valence-corrected chi connectivity index (χ0v) is 11.4. The Morgan fingerprint density at radius 3 is 3.00 bits per heavy atom. The van der Waals surface area contributed by atoms with Gasteiger partial charge in [0.1, 0.15) is 0 Å². The number of carbonyl (C=O) groups is 1. The fraction of sp³-hybridized carbons (Fsp3) is 0.200. The number of rotatable bonds is 4. The van der Waals surface area contributed by atoms with Gasteiger partial charge < -0.3 is 5.32 Å². The molecule has 0 spiro atoms. The summed E-state index contributed by atoms with van der Waals surface area (Å²) in [5.41, 5.74) is 0.728. The normalized spacial score (nSPS) is 10.2. The Balaban J connectivity index is 2.21. The molecule has 0 aliphatic rings. The van der Waals surface area contributed by atoms with Crippen molar-refractivity contribution in [1.29, 1.82) is 0 Å². The average Bonchev–Trinajstić information content (AvgIpc) is 2.70. The van der Waals surface area contributed by atoms with Crippen LogP contribution in [0.4, 0.5) is 10.9 Å². The average molecular weight is 313 g/mol. The van der Waals surface area contributed by atoms with Crippen LogP contribution in [0.15, 0.2) is 18.6 Å². The van der Waals surface area contributed by atoms with Crippen LogP contribution in [-0.2, 0) is 0 Å². The summed E-state index contributed by atoms with van der Waals surface area (Å²) in [6, 6.07) is 0. The largest absolute Gasteiger partial charge is 0.315 e. The van der Waals surface area contributed by atoms with Gasteiger partial charge in [0, 0.05) is 12.4 Å². The van der Waals surface area contributed by atoms with E-state index >= 15 is 0 Å². The highest BCUT2D eigenvalue weighted by Gasteiger charge is 2.14. The first kappa shape index (κ1) is 12.1. The molecule has 0 saturated heterocycles. The molecule has 1 N–H and O–H groups in total. The summed E-state index contributed by atoms with van der Waals surface area (Å²) in [5, 5.41) is 3.96. The predicted molar refractivity (Wildman–Crippen MR) is 70.3 cm³/mol. The first-order valence-corrected chi connectivity index (χ1v) is 6.74. The highest BCUT2D eigenvalue weighted by Crippen LogP contribution is 2.25. The number of anilines is 2. The third-order valence-corrected chi connectivity index (χ3v) is 3.59. The topological polar surface area (TPSA) is 67.8 Å². The lowest BCUT2D eigenvalue weighted by Crippen LogP contribution is -1.98. The van der Waals surface area contributed by atoms with E-state index in [0.29, 0.717) is 21.2 Å². The summed E-state index contributed by atoms with van der Waals surface area (Å²) >= 11 is 4.47. The maximum atomic E-state index is 11.6. The molecule has 88 valence electrons. The highest BCUT2D eigenvalue weighted by atomic mass is 79.9. The van der Waals surface area contributed by atoms with Crippen molar-refractivity contribution in [2.24, 2.45) is 0 Å². The van der Waals surface area contributed by atoms with Crippen LogP contribution in [-0.4, -0.2) is 26.1 Å². The number of Topliss-reactive ketones (excluding diaryl/α,β-unsaturated/α-hetero) is 1. The second-order valence-corrected chi connectivity index (χ2v) is 4.77. The van der Waals surface area contributed by atoms with Crippen LogP contribution in [0.5, 0.6) is 0 Å². The Kier molecular flexibility index (Phi) is 3.80. The minimum atomic E-state index is 0.0344. The van der Waals surface area contributed by atoms with Gasteiger partial charge in [-0.2, -0.15) is 0 Å².